The molecular weight excluding hydrogens is 430 g/mol. The third-order valence-corrected chi connectivity index (χ3v) is 5.74. The van der Waals surface area contributed by atoms with Crippen molar-refractivity contribution >= 4 is 22.8 Å². The number of fused-ring (bicyclic) bond motifs is 2. The number of nitrogens with one attached hydrogen (secondary N) is 2. The van der Waals surface area contributed by atoms with Gasteiger partial charge >= 0.3 is 0 Å². The highest BCUT2D eigenvalue weighted by atomic mass is 16.1. The van der Waals surface area contributed by atoms with Gasteiger partial charge in [-0.2, -0.15) is 4.98 Å². The maximum Gasteiger partial charge on any atom is 0.278 e. The lowest BCUT2D eigenvalue weighted by atomic mass is 9.91. The average molecular weight is 458 g/mol. The van der Waals surface area contributed by atoms with Gasteiger partial charge in [0.15, 0.2) is 11.5 Å². The smallest absolute Gasteiger partial charge is 0.278 e. The van der Waals surface area contributed by atoms with Crippen molar-refractivity contribution in [2.24, 2.45) is 0 Å². The zero-order chi connectivity index (χ0) is 23.9. The number of hydrogen-bond acceptors (Lipinski definition) is 8. The highest BCUT2D eigenvalue weighted by molar-refractivity contribution is 5.77. The van der Waals surface area contributed by atoms with Gasteiger partial charge in [0, 0.05) is 43.0 Å². The Kier molecular flexibility index (Phi) is 5.45. The van der Waals surface area contributed by atoms with E-state index in [0.717, 1.165) is 42.3 Å². The van der Waals surface area contributed by atoms with Crippen LogP contribution in [0.1, 0.15) is 37.9 Å². The quantitative estimate of drug-likeness (QED) is 0.440. The van der Waals surface area contributed by atoms with Crippen LogP contribution in [-0.2, 0) is 24.9 Å². The molecule has 174 valence electrons. The van der Waals surface area contributed by atoms with Gasteiger partial charge in [-0.25, -0.2) is 19.3 Å². The SMILES string of the molecule is C=CCn1c(=O)c2cnc(Nc3cnc4c(n3)CCNC4)nc2n1-c1ccnc(C(C)(C)C)c1. The monoisotopic (exact) mass is 457 g/mol. The summed E-state index contributed by atoms with van der Waals surface area (Å²) in [5, 5.41) is 6.86. The van der Waals surface area contributed by atoms with Crippen LogP contribution in [0.4, 0.5) is 11.8 Å². The lowest BCUT2D eigenvalue weighted by Gasteiger charge is -2.19. The zero-order valence-corrected chi connectivity index (χ0v) is 19.5. The molecule has 0 saturated heterocycles. The summed E-state index contributed by atoms with van der Waals surface area (Å²) in [6, 6.07) is 3.85. The van der Waals surface area contributed by atoms with E-state index in [9.17, 15) is 4.79 Å². The molecule has 0 aliphatic carbocycles. The Balaban J connectivity index is 1.62. The lowest BCUT2D eigenvalue weighted by molar-refractivity contribution is 0.563. The summed E-state index contributed by atoms with van der Waals surface area (Å²) >= 11 is 0. The molecule has 10 heteroatoms. The van der Waals surface area contributed by atoms with Gasteiger partial charge in [0.05, 0.1) is 29.8 Å². The van der Waals surface area contributed by atoms with Gasteiger partial charge in [-0.15, -0.1) is 6.58 Å². The first kappa shape index (κ1) is 21.9. The van der Waals surface area contributed by atoms with E-state index in [1.807, 2.05) is 12.1 Å². The average Bonchev–Trinajstić information content (AvgIpc) is 3.10. The molecule has 0 unspecified atom stereocenters. The fourth-order valence-electron chi connectivity index (χ4n) is 3.99. The number of aromatic nitrogens is 7. The lowest BCUT2D eigenvalue weighted by Crippen LogP contribution is -2.25. The van der Waals surface area contributed by atoms with Crippen LogP contribution >= 0.6 is 0 Å². The molecule has 0 radical (unpaired) electrons. The van der Waals surface area contributed by atoms with Gasteiger partial charge in [-0.05, 0) is 12.1 Å². The van der Waals surface area contributed by atoms with Crippen LogP contribution in [0.3, 0.4) is 0 Å². The van der Waals surface area contributed by atoms with Gasteiger partial charge in [0.25, 0.3) is 5.56 Å². The summed E-state index contributed by atoms with van der Waals surface area (Å²) in [6.07, 6.45) is 7.48. The third-order valence-electron chi connectivity index (χ3n) is 5.74. The summed E-state index contributed by atoms with van der Waals surface area (Å²) in [5.41, 5.74) is 3.78. The van der Waals surface area contributed by atoms with Crippen LogP contribution in [0.25, 0.3) is 16.7 Å². The predicted molar refractivity (Wildman–Crippen MR) is 131 cm³/mol. The second-order valence-corrected chi connectivity index (χ2v) is 9.27. The first-order chi connectivity index (χ1) is 16.3. The minimum atomic E-state index is -0.184. The number of anilines is 2. The Morgan fingerprint density at radius 1 is 1.18 bits per heavy atom. The Hall–Kier alpha value is -3.92. The topological polar surface area (TPSA) is 115 Å². The van der Waals surface area contributed by atoms with E-state index in [1.54, 1.807) is 34.0 Å². The van der Waals surface area contributed by atoms with Gasteiger partial charge in [-0.1, -0.05) is 26.8 Å². The fraction of sp³-hybridized carbons (Fsp3) is 0.333. The van der Waals surface area contributed by atoms with Crippen molar-refractivity contribution in [2.45, 2.75) is 45.7 Å². The van der Waals surface area contributed by atoms with Crippen molar-refractivity contribution in [2.75, 3.05) is 11.9 Å². The van der Waals surface area contributed by atoms with Crippen molar-refractivity contribution in [1.29, 1.82) is 0 Å². The minimum Gasteiger partial charge on any atom is -0.311 e. The van der Waals surface area contributed by atoms with Crippen LogP contribution < -0.4 is 16.2 Å². The van der Waals surface area contributed by atoms with Gasteiger partial charge in [0.2, 0.25) is 5.95 Å². The maximum absolute atomic E-state index is 13.2. The number of allylic oxidation sites excluding steroid dienone is 1. The molecule has 0 atom stereocenters. The van der Waals surface area contributed by atoms with Crippen molar-refractivity contribution in [1.82, 2.24) is 39.6 Å². The zero-order valence-electron chi connectivity index (χ0n) is 19.5. The summed E-state index contributed by atoms with van der Waals surface area (Å²) < 4.78 is 3.40. The van der Waals surface area contributed by atoms with Crippen LogP contribution in [0.2, 0.25) is 0 Å². The van der Waals surface area contributed by atoms with Crippen molar-refractivity contribution in [3.05, 3.63) is 70.8 Å². The molecule has 0 saturated carbocycles. The molecule has 34 heavy (non-hydrogen) atoms. The van der Waals surface area contributed by atoms with Gasteiger partial charge in [-0.3, -0.25) is 14.8 Å². The molecule has 0 amide bonds. The highest BCUT2D eigenvalue weighted by Gasteiger charge is 2.21. The largest absolute Gasteiger partial charge is 0.311 e. The molecule has 4 aromatic heterocycles. The van der Waals surface area contributed by atoms with Crippen molar-refractivity contribution in [3.8, 4) is 5.69 Å². The van der Waals surface area contributed by atoms with Gasteiger partial charge < -0.3 is 10.6 Å². The van der Waals surface area contributed by atoms with Gasteiger partial charge in [0.1, 0.15) is 5.39 Å². The summed E-state index contributed by atoms with van der Waals surface area (Å²) in [4.78, 5) is 35.9. The van der Waals surface area contributed by atoms with Crippen molar-refractivity contribution < 1.29 is 0 Å². The van der Waals surface area contributed by atoms with Crippen LogP contribution in [0.5, 0.6) is 0 Å². The number of pyridine rings is 1. The maximum atomic E-state index is 13.2. The molecule has 1 aliphatic heterocycles. The Morgan fingerprint density at radius 3 is 2.82 bits per heavy atom. The third kappa shape index (κ3) is 3.96. The van der Waals surface area contributed by atoms with Crippen LogP contribution in [0.15, 0.2) is 48.2 Å². The summed E-state index contributed by atoms with van der Waals surface area (Å²) in [6.45, 7) is 12.0. The Labute approximate surface area is 196 Å². The van der Waals surface area contributed by atoms with Crippen LogP contribution in [0, 0.1) is 0 Å². The first-order valence-electron chi connectivity index (χ1n) is 11.2. The predicted octanol–water partition coefficient (Wildman–Crippen LogP) is 2.64. The summed E-state index contributed by atoms with van der Waals surface area (Å²) in [7, 11) is 0. The second kappa shape index (κ2) is 8.45. The molecule has 5 rings (SSSR count). The molecule has 0 fully saturated rings. The number of rotatable bonds is 5. The van der Waals surface area contributed by atoms with Crippen LogP contribution in [-0.4, -0.2) is 40.8 Å². The molecular formula is C24H27N9O. The number of hydrogen-bond donors (Lipinski definition) is 2. The molecule has 0 bridgehead atoms. The normalized spacial score (nSPS) is 13.6. The van der Waals surface area contributed by atoms with E-state index in [0.29, 0.717) is 29.3 Å². The van der Waals surface area contributed by atoms with E-state index < -0.39 is 0 Å². The Bertz CT molecular complexity index is 1450. The second-order valence-electron chi connectivity index (χ2n) is 9.27. The standard InChI is InChI=1S/C24H27N9O/c1-5-10-32-22(34)16-12-28-23(30-20-14-27-18-13-25-8-7-17(18)29-20)31-21(16)33(32)15-6-9-26-19(11-15)24(2,3)4/h5-6,9,11-12,14,25H,1,7-8,10,13H2,2-4H3,(H,28,29,30,31). The fourth-order valence-corrected chi connectivity index (χ4v) is 3.99. The molecule has 2 N–H and O–H groups in total. The molecule has 0 aromatic carbocycles. The molecule has 0 spiro atoms. The van der Waals surface area contributed by atoms with E-state index in [4.69, 9.17) is 4.98 Å². The summed E-state index contributed by atoms with van der Waals surface area (Å²) in [5.74, 6) is 0.906. The van der Waals surface area contributed by atoms with E-state index in [-0.39, 0.29) is 11.0 Å². The Morgan fingerprint density at radius 2 is 2.03 bits per heavy atom. The van der Waals surface area contributed by atoms with E-state index in [1.165, 1.54) is 0 Å². The highest BCUT2D eigenvalue weighted by Crippen LogP contribution is 2.24. The molecule has 5 heterocycles. The molecule has 4 aromatic rings. The van der Waals surface area contributed by atoms with Crippen molar-refractivity contribution in [3.63, 3.8) is 0 Å². The minimum absolute atomic E-state index is 0.148. The van der Waals surface area contributed by atoms with E-state index in [2.05, 4.69) is 57.9 Å². The molecule has 10 nitrogen and oxygen atoms in total. The molecule has 1 aliphatic rings. The first-order valence-corrected chi connectivity index (χ1v) is 11.2. The van der Waals surface area contributed by atoms with E-state index >= 15 is 0 Å². The number of nitrogens with zero attached hydrogens (tertiary/aromatic N) is 7.